The number of rotatable bonds is 6. The number of aromatic nitrogens is 1. The molecule has 0 bridgehead atoms. The van der Waals surface area contributed by atoms with Crippen LogP contribution in [0.25, 0.3) is 20.8 Å². The van der Waals surface area contributed by atoms with Crippen molar-refractivity contribution in [2.75, 3.05) is 0 Å². The van der Waals surface area contributed by atoms with Gasteiger partial charge in [0, 0.05) is 23.4 Å². The van der Waals surface area contributed by atoms with E-state index in [4.69, 9.17) is 0 Å². The second kappa shape index (κ2) is 9.25. The highest BCUT2D eigenvalue weighted by Crippen LogP contribution is 2.33. The van der Waals surface area contributed by atoms with Crippen molar-refractivity contribution in [3.63, 3.8) is 0 Å². The minimum absolute atomic E-state index is 0.301. The Morgan fingerprint density at radius 1 is 0.941 bits per heavy atom. The molecule has 5 rings (SSSR count). The maximum atomic E-state index is 11.5. The molecule has 0 aliphatic carbocycles. The Morgan fingerprint density at radius 3 is 2.41 bits per heavy atom. The lowest BCUT2D eigenvalue weighted by atomic mass is 10.0. The summed E-state index contributed by atoms with van der Waals surface area (Å²) in [6.07, 6.45) is 1.98. The molecule has 0 aliphatic rings. The summed E-state index contributed by atoms with van der Waals surface area (Å²) in [7, 11) is 0. The molecule has 0 spiro atoms. The normalized spacial score (nSPS) is 11.3. The number of nitro benzene ring substituents is 1. The number of phenols is 1. The monoisotopic (exact) mass is 465 g/mol. The highest BCUT2D eigenvalue weighted by atomic mass is 32.1. The van der Waals surface area contributed by atoms with Crippen LogP contribution in [0.15, 0.2) is 96.0 Å². The third-order valence-electron chi connectivity index (χ3n) is 5.39. The SMILES string of the molecule is O=[N+]([O-])c1cc(Cc2ccccc2)cc(C=Nc2ccc(-c3nc4ccccc4s3)cc2)c1O. The van der Waals surface area contributed by atoms with Gasteiger partial charge in [-0.1, -0.05) is 42.5 Å². The average molecular weight is 466 g/mol. The van der Waals surface area contributed by atoms with Gasteiger partial charge in [0.05, 0.1) is 20.8 Å². The minimum Gasteiger partial charge on any atom is -0.502 e. The Balaban J connectivity index is 1.42. The maximum Gasteiger partial charge on any atom is 0.311 e. The van der Waals surface area contributed by atoms with Crippen molar-refractivity contribution in [1.29, 1.82) is 0 Å². The van der Waals surface area contributed by atoms with Crippen molar-refractivity contribution in [3.8, 4) is 16.3 Å². The minimum atomic E-state index is -0.575. The quantitative estimate of drug-likeness (QED) is 0.167. The first-order chi connectivity index (χ1) is 16.6. The second-order valence-corrected chi connectivity index (χ2v) is 8.79. The van der Waals surface area contributed by atoms with E-state index in [9.17, 15) is 15.2 Å². The molecule has 5 aromatic rings. The van der Waals surface area contributed by atoms with Crippen molar-refractivity contribution >= 4 is 39.1 Å². The van der Waals surface area contributed by atoms with Crippen LogP contribution in [0.2, 0.25) is 0 Å². The number of fused-ring (bicyclic) bond motifs is 1. The predicted octanol–water partition coefficient (Wildman–Crippen LogP) is 6.92. The number of phenolic OH excluding ortho intramolecular Hbond substituents is 1. The van der Waals surface area contributed by atoms with Gasteiger partial charge in [-0.25, -0.2) is 4.98 Å². The lowest BCUT2D eigenvalue weighted by Gasteiger charge is -2.06. The van der Waals surface area contributed by atoms with Gasteiger partial charge in [-0.2, -0.15) is 0 Å². The Morgan fingerprint density at radius 2 is 1.68 bits per heavy atom. The molecular formula is C27H19N3O3S. The molecule has 1 N–H and O–H groups in total. The van der Waals surface area contributed by atoms with Crippen LogP contribution in [0.5, 0.6) is 5.75 Å². The number of thiazole rings is 1. The van der Waals surface area contributed by atoms with E-state index in [2.05, 4.69) is 9.98 Å². The van der Waals surface area contributed by atoms with Crippen LogP contribution in [0.3, 0.4) is 0 Å². The van der Waals surface area contributed by atoms with Crippen LogP contribution in [-0.2, 0) is 6.42 Å². The zero-order chi connectivity index (χ0) is 23.5. The molecule has 0 amide bonds. The first-order valence-electron chi connectivity index (χ1n) is 10.6. The van der Waals surface area contributed by atoms with Gasteiger partial charge in [0.2, 0.25) is 5.75 Å². The largest absolute Gasteiger partial charge is 0.502 e. The fourth-order valence-electron chi connectivity index (χ4n) is 3.70. The van der Waals surface area contributed by atoms with Crippen molar-refractivity contribution in [3.05, 3.63) is 118 Å². The van der Waals surface area contributed by atoms with Gasteiger partial charge in [-0.05, 0) is 60.0 Å². The summed E-state index contributed by atoms with van der Waals surface area (Å²) in [5.74, 6) is -0.392. The van der Waals surface area contributed by atoms with Crippen LogP contribution in [0, 0.1) is 10.1 Å². The Kier molecular flexibility index (Phi) is 5.84. The van der Waals surface area contributed by atoms with Gasteiger partial charge in [0.15, 0.2) is 0 Å². The van der Waals surface area contributed by atoms with Crippen molar-refractivity contribution in [1.82, 2.24) is 4.98 Å². The van der Waals surface area contributed by atoms with Gasteiger partial charge in [0.1, 0.15) is 5.01 Å². The highest BCUT2D eigenvalue weighted by Gasteiger charge is 2.18. The summed E-state index contributed by atoms with van der Waals surface area (Å²) in [5.41, 5.74) is 4.34. The molecule has 0 unspecified atom stereocenters. The van der Waals surface area contributed by atoms with E-state index in [-0.39, 0.29) is 5.69 Å². The number of aromatic hydroxyl groups is 1. The molecule has 0 saturated carbocycles. The summed E-state index contributed by atoms with van der Waals surface area (Å²) >= 11 is 1.63. The molecular weight excluding hydrogens is 446 g/mol. The molecule has 34 heavy (non-hydrogen) atoms. The van der Waals surface area contributed by atoms with Crippen molar-refractivity contribution in [2.45, 2.75) is 6.42 Å². The molecule has 166 valence electrons. The van der Waals surface area contributed by atoms with E-state index in [1.807, 2.05) is 78.9 Å². The summed E-state index contributed by atoms with van der Waals surface area (Å²) in [6.45, 7) is 0. The highest BCUT2D eigenvalue weighted by molar-refractivity contribution is 7.21. The van der Waals surface area contributed by atoms with E-state index < -0.39 is 10.7 Å². The second-order valence-electron chi connectivity index (χ2n) is 7.76. The Labute approximate surface area is 199 Å². The van der Waals surface area contributed by atoms with Gasteiger partial charge >= 0.3 is 5.69 Å². The van der Waals surface area contributed by atoms with E-state index in [0.29, 0.717) is 17.7 Å². The van der Waals surface area contributed by atoms with Gasteiger partial charge in [0.25, 0.3) is 0 Å². The molecule has 1 aromatic heterocycles. The van der Waals surface area contributed by atoms with Crippen molar-refractivity contribution in [2.24, 2.45) is 4.99 Å². The Hall–Kier alpha value is -4.36. The molecule has 0 radical (unpaired) electrons. The lowest BCUT2D eigenvalue weighted by Crippen LogP contribution is -1.97. The summed E-state index contributed by atoms with van der Waals surface area (Å²) < 4.78 is 1.13. The van der Waals surface area contributed by atoms with E-state index in [1.54, 1.807) is 17.4 Å². The number of benzene rings is 4. The summed E-state index contributed by atoms with van der Waals surface area (Å²) in [5, 5.41) is 22.9. The fourth-order valence-corrected chi connectivity index (χ4v) is 4.67. The maximum absolute atomic E-state index is 11.5. The van der Waals surface area contributed by atoms with Crippen LogP contribution < -0.4 is 0 Å². The number of aliphatic imine (C=N–C) groups is 1. The van der Waals surface area contributed by atoms with Crippen LogP contribution in [0.4, 0.5) is 11.4 Å². The molecule has 7 heteroatoms. The fraction of sp³-hybridized carbons (Fsp3) is 0.0370. The topological polar surface area (TPSA) is 88.6 Å². The average Bonchev–Trinajstić information content (AvgIpc) is 3.29. The third kappa shape index (κ3) is 4.55. The molecule has 4 aromatic carbocycles. The molecule has 0 atom stereocenters. The first kappa shape index (κ1) is 21.5. The molecule has 0 saturated heterocycles. The standard InChI is InChI=1S/C27H19N3O3S/c31-26-21(15-19(16-24(26)30(32)33)14-18-6-2-1-3-7-18)17-28-22-12-10-20(11-13-22)27-29-23-8-4-5-9-25(23)34-27/h1-13,15-17,31H,14H2. The number of nitro groups is 1. The zero-order valence-corrected chi connectivity index (χ0v) is 18.8. The molecule has 0 fully saturated rings. The van der Waals surface area contributed by atoms with Crippen LogP contribution in [0.1, 0.15) is 16.7 Å². The molecule has 1 heterocycles. The Bertz CT molecular complexity index is 1480. The first-order valence-corrected chi connectivity index (χ1v) is 11.4. The third-order valence-corrected chi connectivity index (χ3v) is 6.47. The van der Waals surface area contributed by atoms with E-state index >= 15 is 0 Å². The number of nitrogens with zero attached hydrogens (tertiary/aromatic N) is 3. The number of para-hydroxylation sites is 1. The molecule has 0 aliphatic heterocycles. The lowest BCUT2D eigenvalue weighted by molar-refractivity contribution is -0.385. The number of hydrogen-bond donors (Lipinski definition) is 1. The van der Waals surface area contributed by atoms with Crippen molar-refractivity contribution < 1.29 is 10.0 Å². The van der Waals surface area contributed by atoms with Crippen LogP contribution >= 0.6 is 11.3 Å². The van der Waals surface area contributed by atoms with Gasteiger partial charge in [-0.3, -0.25) is 15.1 Å². The van der Waals surface area contributed by atoms with E-state index in [0.717, 1.165) is 31.9 Å². The summed E-state index contributed by atoms with van der Waals surface area (Å²) in [4.78, 5) is 20.0. The van der Waals surface area contributed by atoms with Gasteiger partial charge < -0.3 is 5.11 Å². The van der Waals surface area contributed by atoms with Crippen LogP contribution in [-0.4, -0.2) is 21.2 Å². The molecule has 6 nitrogen and oxygen atoms in total. The van der Waals surface area contributed by atoms with Gasteiger partial charge in [-0.15, -0.1) is 11.3 Å². The number of hydrogen-bond acceptors (Lipinski definition) is 6. The predicted molar refractivity (Wildman–Crippen MR) is 136 cm³/mol. The zero-order valence-electron chi connectivity index (χ0n) is 18.0. The summed E-state index contributed by atoms with van der Waals surface area (Å²) in [6, 6.07) is 28.4. The smallest absolute Gasteiger partial charge is 0.311 e. The van der Waals surface area contributed by atoms with E-state index in [1.165, 1.54) is 12.3 Å².